The molecule has 1 saturated carbocycles. The van der Waals surface area contributed by atoms with Crippen molar-refractivity contribution in [2.45, 2.75) is 44.9 Å². The minimum Gasteiger partial charge on any atom is -0.496 e. The van der Waals surface area contributed by atoms with E-state index in [9.17, 15) is 0 Å². The van der Waals surface area contributed by atoms with Crippen LogP contribution in [0.4, 0.5) is 0 Å². The predicted octanol–water partition coefficient (Wildman–Crippen LogP) is 3.22. The summed E-state index contributed by atoms with van der Waals surface area (Å²) in [4.78, 5) is 4.58. The molecule has 24 heavy (non-hydrogen) atoms. The van der Waals surface area contributed by atoms with E-state index in [0.717, 1.165) is 42.1 Å². The van der Waals surface area contributed by atoms with Crippen LogP contribution in [-0.4, -0.2) is 29.8 Å². The third-order valence-electron chi connectivity index (χ3n) is 4.83. The van der Waals surface area contributed by atoms with E-state index in [1.807, 2.05) is 12.3 Å². The Balaban J connectivity index is 1.83. The van der Waals surface area contributed by atoms with Crippen molar-refractivity contribution < 1.29 is 9.47 Å². The fraction of sp³-hybridized carbons (Fsp3) is 0.526. The average Bonchev–Trinajstić information content (AvgIpc) is 3.03. The molecule has 0 spiro atoms. The summed E-state index contributed by atoms with van der Waals surface area (Å²) in [5.41, 5.74) is 8.26. The zero-order valence-electron chi connectivity index (χ0n) is 14.6. The predicted molar refractivity (Wildman–Crippen MR) is 94.9 cm³/mol. The lowest BCUT2D eigenvalue weighted by Crippen LogP contribution is -2.29. The zero-order chi connectivity index (χ0) is 16.9. The van der Waals surface area contributed by atoms with Crippen molar-refractivity contribution >= 4 is 0 Å². The first-order chi connectivity index (χ1) is 11.7. The molecule has 0 bridgehead atoms. The molecule has 1 heterocycles. The summed E-state index contributed by atoms with van der Waals surface area (Å²) in [6.45, 7) is 1.50. The Hall–Kier alpha value is -1.85. The second kappa shape index (κ2) is 7.81. The van der Waals surface area contributed by atoms with Crippen molar-refractivity contribution in [3.8, 4) is 17.1 Å². The smallest absolute Gasteiger partial charge is 0.139 e. The number of nitrogens with two attached hydrogens (primary N) is 1. The molecule has 0 saturated heterocycles. The van der Waals surface area contributed by atoms with Gasteiger partial charge in [0, 0.05) is 43.2 Å². The summed E-state index contributed by atoms with van der Waals surface area (Å²) >= 11 is 0. The molecule has 0 amide bonds. The third kappa shape index (κ3) is 3.79. The molecular weight excluding hydrogens is 302 g/mol. The molecule has 2 N–H and O–H groups in total. The van der Waals surface area contributed by atoms with Crippen LogP contribution in [0.3, 0.4) is 0 Å². The molecule has 130 valence electrons. The molecule has 1 fully saturated rings. The maximum Gasteiger partial charge on any atom is 0.139 e. The maximum atomic E-state index is 6.14. The van der Waals surface area contributed by atoms with E-state index in [-0.39, 0.29) is 0 Å². The Bertz CT molecular complexity index is 668. The monoisotopic (exact) mass is 329 g/mol. The van der Waals surface area contributed by atoms with Crippen LogP contribution in [0.1, 0.15) is 31.2 Å². The van der Waals surface area contributed by atoms with Gasteiger partial charge in [-0.1, -0.05) is 6.42 Å². The van der Waals surface area contributed by atoms with Gasteiger partial charge in [-0.2, -0.15) is 0 Å². The summed E-state index contributed by atoms with van der Waals surface area (Å²) in [6, 6.07) is 6.50. The van der Waals surface area contributed by atoms with Crippen molar-refractivity contribution in [1.29, 1.82) is 0 Å². The molecule has 5 nitrogen and oxygen atoms in total. The lowest BCUT2D eigenvalue weighted by molar-refractivity contribution is 0.181. The average molecular weight is 329 g/mol. The molecule has 1 aromatic heterocycles. The first-order valence-corrected chi connectivity index (χ1v) is 8.64. The SMILES string of the molecule is COCc1cc(-c2nccn2C[C@H]2CCC[C@@H](N)C2)ccc1OC. The number of hydrogen-bond donors (Lipinski definition) is 1. The second-order valence-corrected chi connectivity index (χ2v) is 6.66. The third-order valence-corrected chi connectivity index (χ3v) is 4.83. The van der Waals surface area contributed by atoms with Crippen LogP contribution >= 0.6 is 0 Å². The highest BCUT2D eigenvalue weighted by molar-refractivity contribution is 5.59. The van der Waals surface area contributed by atoms with Crippen molar-refractivity contribution in [2.24, 2.45) is 11.7 Å². The van der Waals surface area contributed by atoms with Gasteiger partial charge in [0.15, 0.2) is 0 Å². The second-order valence-electron chi connectivity index (χ2n) is 6.66. The topological polar surface area (TPSA) is 62.3 Å². The standard InChI is InChI=1S/C19H27N3O2/c1-23-13-16-11-15(6-7-18(16)24-2)19-21-8-9-22(19)12-14-4-3-5-17(20)10-14/h6-9,11,14,17H,3-5,10,12-13,20H2,1-2H3/t14-,17+/m0/s1. The van der Waals surface area contributed by atoms with Gasteiger partial charge in [-0.15, -0.1) is 0 Å². The lowest BCUT2D eigenvalue weighted by atomic mass is 9.86. The molecule has 2 atom stereocenters. The fourth-order valence-corrected chi connectivity index (χ4v) is 3.68. The van der Waals surface area contributed by atoms with Crippen LogP contribution in [0, 0.1) is 5.92 Å². The number of aromatic nitrogens is 2. The van der Waals surface area contributed by atoms with Gasteiger partial charge in [-0.05, 0) is 43.4 Å². The largest absolute Gasteiger partial charge is 0.496 e. The Labute approximate surface area is 143 Å². The molecule has 1 aliphatic rings. The lowest BCUT2D eigenvalue weighted by Gasteiger charge is -2.27. The van der Waals surface area contributed by atoms with Gasteiger partial charge < -0.3 is 19.8 Å². The minimum absolute atomic E-state index is 0.352. The Morgan fingerprint density at radius 3 is 2.92 bits per heavy atom. The molecule has 2 aromatic rings. The van der Waals surface area contributed by atoms with Crippen LogP contribution in [0.5, 0.6) is 5.75 Å². The molecular formula is C19H27N3O2. The van der Waals surface area contributed by atoms with E-state index < -0.39 is 0 Å². The Morgan fingerprint density at radius 1 is 1.29 bits per heavy atom. The highest BCUT2D eigenvalue weighted by atomic mass is 16.5. The van der Waals surface area contributed by atoms with Crippen LogP contribution < -0.4 is 10.5 Å². The molecule has 0 radical (unpaired) electrons. The number of methoxy groups -OCH3 is 2. The van der Waals surface area contributed by atoms with Crippen molar-refractivity contribution in [1.82, 2.24) is 9.55 Å². The first-order valence-electron chi connectivity index (χ1n) is 8.64. The Kier molecular flexibility index (Phi) is 5.53. The van der Waals surface area contributed by atoms with Crippen molar-refractivity contribution in [3.63, 3.8) is 0 Å². The van der Waals surface area contributed by atoms with Gasteiger partial charge in [0.2, 0.25) is 0 Å². The van der Waals surface area contributed by atoms with E-state index in [1.54, 1.807) is 14.2 Å². The van der Waals surface area contributed by atoms with Gasteiger partial charge in [0.25, 0.3) is 0 Å². The highest BCUT2D eigenvalue weighted by Gasteiger charge is 2.20. The van der Waals surface area contributed by atoms with Crippen LogP contribution in [0.15, 0.2) is 30.6 Å². The summed E-state index contributed by atoms with van der Waals surface area (Å²) in [5, 5.41) is 0. The molecule has 3 rings (SSSR count). The molecule has 5 heteroatoms. The van der Waals surface area contributed by atoms with Crippen LogP contribution in [-0.2, 0) is 17.9 Å². The number of nitrogens with zero attached hydrogens (tertiary/aromatic N) is 2. The normalized spacial score (nSPS) is 21.0. The summed E-state index contributed by atoms with van der Waals surface area (Å²) < 4.78 is 12.9. The van der Waals surface area contributed by atoms with Crippen molar-refractivity contribution in [3.05, 3.63) is 36.2 Å². The fourth-order valence-electron chi connectivity index (χ4n) is 3.68. The minimum atomic E-state index is 0.352. The van der Waals surface area contributed by atoms with Crippen molar-refractivity contribution in [2.75, 3.05) is 14.2 Å². The van der Waals surface area contributed by atoms with E-state index in [0.29, 0.717) is 18.6 Å². The first kappa shape index (κ1) is 17.0. The van der Waals surface area contributed by atoms with Crippen LogP contribution in [0.2, 0.25) is 0 Å². The number of hydrogen-bond acceptors (Lipinski definition) is 4. The van der Waals surface area contributed by atoms with Gasteiger partial charge in [-0.3, -0.25) is 0 Å². The number of ether oxygens (including phenoxy) is 2. The zero-order valence-corrected chi connectivity index (χ0v) is 14.6. The highest BCUT2D eigenvalue weighted by Crippen LogP contribution is 2.29. The maximum absolute atomic E-state index is 6.14. The van der Waals surface area contributed by atoms with Gasteiger partial charge in [0.1, 0.15) is 11.6 Å². The molecule has 0 unspecified atom stereocenters. The number of rotatable bonds is 6. The van der Waals surface area contributed by atoms with E-state index >= 15 is 0 Å². The van der Waals surface area contributed by atoms with E-state index in [1.165, 1.54) is 12.8 Å². The molecule has 0 aliphatic heterocycles. The van der Waals surface area contributed by atoms with Gasteiger partial charge >= 0.3 is 0 Å². The summed E-state index contributed by atoms with van der Waals surface area (Å²) in [6.07, 6.45) is 8.69. The quantitative estimate of drug-likeness (QED) is 0.884. The summed E-state index contributed by atoms with van der Waals surface area (Å²) in [7, 11) is 3.38. The number of imidazole rings is 1. The van der Waals surface area contributed by atoms with Crippen LogP contribution in [0.25, 0.3) is 11.4 Å². The number of benzene rings is 1. The Morgan fingerprint density at radius 2 is 2.17 bits per heavy atom. The summed E-state index contributed by atoms with van der Waals surface area (Å²) in [5.74, 6) is 2.48. The van der Waals surface area contributed by atoms with E-state index in [4.69, 9.17) is 15.2 Å². The molecule has 1 aromatic carbocycles. The van der Waals surface area contributed by atoms with E-state index in [2.05, 4.69) is 27.9 Å². The molecule has 1 aliphatic carbocycles. The van der Waals surface area contributed by atoms with Gasteiger partial charge in [-0.25, -0.2) is 4.98 Å². The van der Waals surface area contributed by atoms with Gasteiger partial charge in [0.05, 0.1) is 13.7 Å².